The second-order valence-electron chi connectivity index (χ2n) is 6.79. The molecule has 1 aromatic heterocycles. The van der Waals surface area contributed by atoms with Gasteiger partial charge < -0.3 is 15.7 Å². The molecule has 2 heterocycles. The number of anilines is 2. The number of piperidine rings is 1. The Morgan fingerprint density at radius 1 is 1.42 bits per heavy atom. The summed E-state index contributed by atoms with van der Waals surface area (Å²) < 4.78 is 0. The van der Waals surface area contributed by atoms with E-state index in [9.17, 15) is 5.11 Å². The van der Waals surface area contributed by atoms with Crippen molar-refractivity contribution in [2.75, 3.05) is 23.7 Å². The van der Waals surface area contributed by atoms with E-state index in [1.807, 2.05) is 17.0 Å². The fourth-order valence-corrected chi connectivity index (χ4v) is 4.26. The lowest BCUT2D eigenvalue weighted by Crippen LogP contribution is -2.49. The maximum atomic E-state index is 10.5. The summed E-state index contributed by atoms with van der Waals surface area (Å²) in [5, 5.41) is 12.0. The molecule has 2 atom stereocenters. The molecule has 1 saturated heterocycles. The molecule has 140 valence electrons. The first-order valence-corrected chi connectivity index (χ1v) is 10.1. The summed E-state index contributed by atoms with van der Waals surface area (Å²) in [5.74, 6) is 1.02. The van der Waals surface area contributed by atoms with Crippen LogP contribution < -0.4 is 10.6 Å². The van der Waals surface area contributed by atoms with Crippen LogP contribution in [0.4, 0.5) is 11.6 Å². The number of hydrogen-bond donors (Lipinski definition) is 2. The summed E-state index contributed by atoms with van der Waals surface area (Å²) >= 11 is 13.6. The first kappa shape index (κ1) is 19.5. The van der Waals surface area contributed by atoms with Gasteiger partial charge in [0.15, 0.2) is 5.82 Å². The third-order valence-corrected chi connectivity index (χ3v) is 7.16. The number of β-amino-alcohol motifs (C(OH)–C–C–N with tert-alkyl or cyclic N) is 1. The molecule has 5 nitrogen and oxygen atoms in total. The maximum absolute atomic E-state index is 10.5. The number of aliphatic hydroxyl groups is 1. The van der Waals surface area contributed by atoms with Crippen molar-refractivity contribution in [3.05, 3.63) is 34.4 Å². The molecular formula is C18H22Cl2N4OS. The van der Waals surface area contributed by atoms with Gasteiger partial charge in [-0.3, -0.25) is 0 Å². The van der Waals surface area contributed by atoms with E-state index in [1.54, 1.807) is 12.3 Å². The van der Waals surface area contributed by atoms with Crippen LogP contribution in [0.2, 0.25) is 10.0 Å². The van der Waals surface area contributed by atoms with E-state index in [4.69, 9.17) is 28.9 Å². The number of aliphatic hydroxyl groups excluding tert-OH is 1. The van der Waals surface area contributed by atoms with Crippen molar-refractivity contribution in [3.8, 4) is 0 Å². The first-order chi connectivity index (χ1) is 12.3. The second kappa shape index (κ2) is 7.80. The average Bonchev–Trinajstić information content (AvgIpc) is 2.63. The molecule has 1 fully saturated rings. The van der Waals surface area contributed by atoms with Crippen LogP contribution in [0.25, 0.3) is 0 Å². The van der Waals surface area contributed by atoms with Gasteiger partial charge in [0.2, 0.25) is 0 Å². The van der Waals surface area contributed by atoms with Gasteiger partial charge in [0.05, 0.1) is 22.3 Å². The highest BCUT2D eigenvalue weighted by Crippen LogP contribution is 2.39. The van der Waals surface area contributed by atoms with E-state index < -0.39 is 6.10 Å². The molecule has 8 heteroatoms. The van der Waals surface area contributed by atoms with Gasteiger partial charge in [-0.2, -0.15) is 0 Å². The molecule has 0 unspecified atom stereocenters. The lowest BCUT2D eigenvalue weighted by Gasteiger charge is -2.43. The van der Waals surface area contributed by atoms with Gasteiger partial charge in [-0.1, -0.05) is 54.9 Å². The molecule has 1 aliphatic rings. The van der Waals surface area contributed by atoms with E-state index >= 15 is 0 Å². The van der Waals surface area contributed by atoms with Crippen molar-refractivity contribution in [3.63, 3.8) is 0 Å². The van der Waals surface area contributed by atoms with Crippen molar-refractivity contribution in [1.29, 1.82) is 0 Å². The molecule has 0 amide bonds. The summed E-state index contributed by atoms with van der Waals surface area (Å²) in [4.78, 5) is 11.7. The van der Waals surface area contributed by atoms with Gasteiger partial charge in [0.1, 0.15) is 10.8 Å². The standard InChI is InChI=1S/C18H22Cl2N4OS/c1-3-18(2)7-8-24(10-13(18)25)14-9-22-17(16(21)23-14)26-12-6-4-5-11(19)15(12)20/h4-6,9,13,25H,3,7-8,10H2,1-2H3,(H2,21,23)/t13-,18+/m1/s1. The summed E-state index contributed by atoms with van der Waals surface area (Å²) in [6, 6.07) is 5.42. The molecule has 0 spiro atoms. The minimum absolute atomic E-state index is 0.0470. The lowest BCUT2D eigenvalue weighted by molar-refractivity contribution is 0.0187. The van der Waals surface area contributed by atoms with Crippen molar-refractivity contribution in [2.45, 2.75) is 42.7 Å². The number of halogens is 2. The molecule has 1 aliphatic heterocycles. The van der Waals surface area contributed by atoms with Crippen LogP contribution in [0, 0.1) is 5.41 Å². The Kier molecular flexibility index (Phi) is 5.87. The molecular weight excluding hydrogens is 391 g/mol. The fourth-order valence-electron chi connectivity index (χ4n) is 2.98. The quantitative estimate of drug-likeness (QED) is 0.769. The SMILES string of the molecule is CC[C@@]1(C)CCN(c2cnc(Sc3cccc(Cl)c3Cl)c(N)n2)C[C@H]1O. The van der Waals surface area contributed by atoms with Crippen LogP contribution in [0.15, 0.2) is 34.3 Å². The Morgan fingerprint density at radius 2 is 2.19 bits per heavy atom. The highest BCUT2D eigenvalue weighted by atomic mass is 35.5. The minimum Gasteiger partial charge on any atom is -0.391 e. The molecule has 1 aromatic carbocycles. The zero-order valence-corrected chi connectivity index (χ0v) is 17.1. The number of aromatic nitrogens is 2. The van der Waals surface area contributed by atoms with Gasteiger partial charge in [0, 0.05) is 18.0 Å². The van der Waals surface area contributed by atoms with Crippen LogP contribution in [-0.4, -0.2) is 34.3 Å². The number of nitrogens with zero attached hydrogens (tertiary/aromatic N) is 3. The van der Waals surface area contributed by atoms with Gasteiger partial charge >= 0.3 is 0 Å². The van der Waals surface area contributed by atoms with E-state index in [-0.39, 0.29) is 5.41 Å². The number of nitrogens with two attached hydrogens (primary N) is 1. The number of nitrogen functional groups attached to an aromatic ring is 1. The average molecular weight is 413 g/mol. The molecule has 3 N–H and O–H groups in total. The number of hydrogen-bond acceptors (Lipinski definition) is 6. The highest BCUT2D eigenvalue weighted by molar-refractivity contribution is 7.99. The van der Waals surface area contributed by atoms with Crippen LogP contribution in [0.1, 0.15) is 26.7 Å². The molecule has 0 saturated carbocycles. The Labute approximate surface area is 167 Å². The maximum Gasteiger partial charge on any atom is 0.158 e. The van der Waals surface area contributed by atoms with E-state index in [0.29, 0.717) is 33.3 Å². The topological polar surface area (TPSA) is 75.3 Å². The van der Waals surface area contributed by atoms with Crippen LogP contribution >= 0.6 is 35.0 Å². The van der Waals surface area contributed by atoms with Crippen molar-refractivity contribution < 1.29 is 5.11 Å². The van der Waals surface area contributed by atoms with Crippen LogP contribution in [-0.2, 0) is 0 Å². The van der Waals surface area contributed by atoms with E-state index in [2.05, 4.69) is 23.8 Å². The molecule has 3 rings (SSSR count). The Morgan fingerprint density at radius 3 is 2.85 bits per heavy atom. The zero-order valence-electron chi connectivity index (χ0n) is 14.7. The van der Waals surface area contributed by atoms with E-state index in [0.717, 1.165) is 24.3 Å². The molecule has 0 bridgehead atoms. The third-order valence-electron chi connectivity index (χ3n) is 5.16. The summed E-state index contributed by atoms with van der Waals surface area (Å²) in [5.41, 5.74) is 6.07. The Hall–Kier alpha value is -1.21. The van der Waals surface area contributed by atoms with Gasteiger partial charge in [-0.05, 0) is 30.4 Å². The fraction of sp³-hybridized carbons (Fsp3) is 0.444. The molecule has 0 radical (unpaired) electrons. The predicted octanol–water partition coefficient (Wildman–Crippen LogP) is 4.50. The third kappa shape index (κ3) is 3.88. The molecule has 0 aliphatic carbocycles. The van der Waals surface area contributed by atoms with E-state index in [1.165, 1.54) is 11.8 Å². The van der Waals surface area contributed by atoms with Crippen molar-refractivity contribution >= 4 is 46.6 Å². The van der Waals surface area contributed by atoms with Crippen molar-refractivity contribution in [1.82, 2.24) is 9.97 Å². The first-order valence-electron chi connectivity index (χ1n) is 8.51. The Bertz CT molecular complexity index is 807. The smallest absolute Gasteiger partial charge is 0.158 e. The Balaban J connectivity index is 1.77. The minimum atomic E-state index is -0.399. The zero-order chi connectivity index (χ0) is 18.9. The summed E-state index contributed by atoms with van der Waals surface area (Å²) in [7, 11) is 0. The number of benzene rings is 1. The summed E-state index contributed by atoms with van der Waals surface area (Å²) in [6.07, 6.45) is 3.15. The molecule has 26 heavy (non-hydrogen) atoms. The monoisotopic (exact) mass is 412 g/mol. The van der Waals surface area contributed by atoms with Crippen LogP contribution in [0.3, 0.4) is 0 Å². The van der Waals surface area contributed by atoms with Gasteiger partial charge in [-0.25, -0.2) is 9.97 Å². The number of rotatable bonds is 4. The second-order valence-corrected chi connectivity index (χ2v) is 8.61. The van der Waals surface area contributed by atoms with Gasteiger partial charge in [-0.15, -0.1) is 0 Å². The normalized spacial score (nSPS) is 23.3. The van der Waals surface area contributed by atoms with Crippen molar-refractivity contribution in [2.24, 2.45) is 5.41 Å². The largest absolute Gasteiger partial charge is 0.391 e. The van der Waals surface area contributed by atoms with Crippen LogP contribution in [0.5, 0.6) is 0 Å². The predicted molar refractivity (Wildman–Crippen MR) is 108 cm³/mol. The lowest BCUT2D eigenvalue weighted by atomic mass is 9.76. The highest BCUT2D eigenvalue weighted by Gasteiger charge is 2.37. The van der Waals surface area contributed by atoms with Gasteiger partial charge in [0.25, 0.3) is 0 Å². The molecule has 2 aromatic rings. The summed E-state index contributed by atoms with van der Waals surface area (Å²) in [6.45, 7) is 5.60.